The Morgan fingerprint density at radius 3 is 2.46 bits per heavy atom. The van der Waals surface area contributed by atoms with Crippen molar-refractivity contribution in [2.75, 3.05) is 19.5 Å². The zero-order chi connectivity index (χ0) is 32.7. The quantitative estimate of drug-likeness (QED) is 0.134. The van der Waals surface area contributed by atoms with Crippen LogP contribution in [-0.4, -0.2) is 39.6 Å². The van der Waals surface area contributed by atoms with Crippen molar-refractivity contribution in [1.82, 2.24) is 14.6 Å². The topological polar surface area (TPSA) is 130 Å². The van der Waals surface area contributed by atoms with Gasteiger partial charge < -0.3 is 19.5 Å². The number of hydrogen-bond acceptors (Lipinski definition) is 8. The molecule has 0 radical (unpaired) electrons. The van der Waals surface area contributed by atoms with Crippen LogP contribution in [0.2, 0.25) is 5.02 Å². The van der Waals surface area contributed by atoms with E-state index in [-0.39, 0.29) is 28.4 Å². The number of nitrogens with one attached hydrogen (secondary N) is 1. The van der Waals surface area contributed by atoms with Gasteiger partial charge in [-0.3, -0.25) is 14.9 Å². The average Bonchev–Trinajstić information content (AvgIpc) is 3.63. The molecule has 1 N–H and O–H groups in total. The average molecular weight is 654 g/mol. The van der Waals surface area contributed by atoms with E-state index in [1.165, 1.54) is 50.1 Å². The van der Waals surface area contributed by atoms with E-state index in [9.17, 15) is 28.1 Å². The molecule has 0 unspecified atom stereocenters. The van der Waals surface area contributed by atoms with Crippen molar-refractivity contribution in [2.24, 2.45) is 0 Å². The lowest BCUT2D eigenvalue weighted by Crippen LogP contribution is -2.16. The monoisotopic (exact) mass is 653 g/mol. The number of non-ortho nitro benzene ring substituents is 1. The van der Waals surface area contributed by atoms with Gasteiger partial charge in [-0.25, -0.2) is 9.50 Å². The number of fused-ring (bicyclic) bond motifs is 2. The Hall–Kier alpha value is -5.37. The van der Waals surface area contributed by atoms with Crippen LogP contribution < -0.4 is 19.5 Å². The van der Waals surface area contributed by atoms with Gasteiger partial charge in [-0.2, -0.15) is 18.3 Å². The first-order chi connectivity index (χ1) is 21.9. The fourth-order valence-electron chi connectivity index (χ4n) is 5.24. The van der Waals surface area contributed by atoms with Gasteiger partial charge in [0.25, 0.3) is 11.6 Å². The third kappa shape index (κ3) is 5.86. The third-order valence-corrected chi connectivity index (χ3v) is 7.73. The molecule has 236 valence electrons. The van der Waals surface area contributed by atoms with Crippen molar-refractivity contribution in [2.45, 2.75) is 25.4 Å². The number of nitrogens with zero attached hydrogens (tertiary/aromatic N) is 4. The summed E-state index contributed by atoms with van der Waals surface area (Å²) < 4.78 is 59.4. The lowest BCUT2D eigenvalue weighted by molar-refractivity contribution is -0.384. The number of hydrogen-bond donors (Lipinski definition) is 1. The number of nitro benzene ring substituents is 1. The number of aromatic nitrogens is 3. The second-order valence-corrected chi connectivity index (χ2v) is 10.7. The largest absolute Gasteiger partial charge is 0.493 e. The second-order valence-electron chi connectivity index (χ2n) is 10.3. The summed E-state index contributed by atoms with van der Waals surface area (Å²) in [5.41, 5.74) is -0.273. The Labute approximate surface area is 263 Å². The summed E-state index contributed by atoms with van der Waals surface area (Å²) in [6.07, 6.45) is -2.04. The van der Waals surface area contributed by atoms with Gasteiger partial charge in [-0.1, -0.05) is 17.7 Å². The van der Waals surface area contributed by atoms with Crippen LogP contribution in [-0.2, 0) is 19.0 Å². The maximum atomic E-state index is 14.2. The lowest BCUT2D eigenvalue weighted by Gasteiger charge is -2.12. The van der Waals surface area contributed by atoms with Crippen molar-refractivity contribution in [1.29, 1.82) is 0 Å². The highest BCUT2D eigenvalue weighted by Gasteiger charge is 2.37. The molecule has 1 amide bonds. The number of carbonyl (C=O) groups is 1. The molecule has 15 heteroatoms. The first-order valence-corrected chi connectivity index (χ1v) is 14.1. The van der Waals surface area contributed by atoms with Gasteiger partial charge in [-0.05, 0) is 66.8 Å². The standard InChI is InChI=1S/C31H23ClF3N5O6/c1-44-24-9-7-18(11-25(24)45-2)23-15-26(31(33,34)35)39-29(37-23)27(32)28(38-39)30(41)36-19-12-20(40(42)43)14-22(13-19)46-21-8-6-16-4-3-5-17(16)10-21/h6-15H,3-5H2,1-2H3,(H,36,41). The minimum absolute atomic E-state index is 0.0594. The van der Waals surface area contributed by atoms with E-state index in [2.05, 4.69) is 15.4 Å². The number of amides is 1. The molecular weight excluding hydrogens is 631 g/mol. The molecule has 0 spiro atoms. The zero-order valence-corrected chi connectivity index (χ0v) is 24.9. The molecule has 2 heterocycles. The Morgan fingerprint density at radius 1 is 0.978 bits per heavy atom. The third-order valence-electron chi connectivity index (χ3n) is 7.38. The van der Waals surface area contributed by atoms with Gasteiger partial charge in [0.05, 0.1) is 36.6 Å². The molecule has 0 aliphatic heterocycles. The highest BCUT2D eigenvalue weighted by atomic mass is 35.5. The van der Waals surface area contributed by atoms with Crippen molar-refractivity contribution >= 4 is 34.5 Å². The zero-order valence-electron chi connectivity index (χ0n) is 24.1. The molecule has 0 atom stereocenters. The number of benzene rings is 3. The fourth-order valence-corrected chi connectivity index (χ4v) is 5.49. The maximum absolute atomic E-state index is 14.2. The molecule has 0 bridgehead atoms. The molecule has 1 aliphatic carbocycles. The smallest absolute Gasteiger partial charge is 0.433 e. The predicted octanol–water partition coefficient (Wildman–Crippen LogP) is 7.53. The normalized spacial score (nSPS) is 12.6. The van der Waals surface area contributed by atoms with Crippen molar-refractivity contribution in [3.63, 3.8) is 0 Å². The Balaban J connectivity index is 1.36. The van der Waals surface area contributed by atoms with E-state index in [1.54, 1.807) is 6.07 Å². The summed E-state index contributed by atoms with van der Waals surface area (Å²) >= 11 is 6.42. The van der Waals surface area contributed by atoms with E-state index in [0.29, 0.717) is 16.0 Å². The number of rotatable bonds is 8. The molecule has 5 aromatic rings. The number of alkyl halides is 3. The Kier molecular flexibility index (Phi) is 7.90. The van der Waals surface area contributed by atoms with Gasteiger partial charge in [0.1, 0.15) is 16.5 Å². The van der Waals surface area contributed by atoms with Crippen LogP contribution in [0.5, 0.6) is 23.0 Å². The molecule has 3 aromatic carbocycles. The molecule has 0 saturated heterocycles. The Morgan fingerprint density at radius 2 is 1.74 bits per heavy atom. The predicted molar refractivity (Wildman–Crippen MR) is 161 cm³/mol. The van der Waals surface area contributed by atoms with Gasteiger partial charge >= 0.3 is 6.18 Å². The molecule has 6 rings (SSSR count). The van der Waals surface area contributed by atoms with E-state index in [4.69, 9.17) is 25.8 Å². The van der Waals surface area contributed by atoms with E-state index in [1.807, 2.05) is 12.1 Å². The van der Waals surface area contributed by atoms with Gasteiger partial charge in [0, 0.05) is 17.7 Å². The van der Waals surface area contributed by atoms with Crippen LogP contribution in [0.15, 0.2) is 60.7 Å². The Bertz CT molecular complexity index is 2030. The van der Waals surface area contributed by atoms with E-state index < -0.39 is 44.8 Å². The minimum Gasteiger partial charge on any atom is -0.493 e. The molecule has 2 aromatic heterocycles. The van der Waals surface area contributed by atoms with Crippen LogP contribution in [0.4, 0.5) is 24.5 Å². The number of halogens is 4. The second kappa shape index (κ2) is 11.9. The van der Waals surface area contributed by atoms with Gasteiger partial charge in [0.15, 0.2) is 28.5 Å². The molecule has 46 heavy (non-hydrogen) atoms. The van der Waals surface area contributed by atoms with Crippen LogP contribution in [0.3, 0.4) is 0 Å². The molecule has 0 saturated carbocycles. The molecular formula is C31H23ClF3N5O6. The summed E-state index contributed by atoms with van der Waals surface area (Å²) in [5, 5.41) is 17.5. The number of nitro groups is 1. The highest BCUT2D eigenvalue weighted by molar-refractivity contribution is 6.37. The first-order valence-electron chi connectivity index (χ1n) is 13.7. The first kappa shape index (κ1) is 30.6. The molecule has 1 aliphatic rings. The summed E-state index contributed by atoms with van der Waals surface area (Å²) in [6.45, 7) is 0. The van der Waals surface area contributed by atoms with Crippen LogP contribution in [0.25, 0.3) is 16.9 Å². The highest BCUT2D eigenvalue weighted by Crippen LogP contribution is 2.38. The molecule has 0 fully saturated rings. The van der Waals surface area contributed by atoms with Crippen molar-refractivity contribution in [3.05, 3.63) is 98.3 Å². The SMILES string of the molecule is COc1ccc(-c2cc(C(F)(F)F)n3nc(C(=O)Nc4cc(Oc5ccc6c(c5)CCC6)cc([N+](=O)[O-])c4)c(Cl)c3n2)cc1OC. The maximum Gasteiger partial charge on any atom is 0.433 e. The van der Waals surface area contributed by atoms with Crippen molar-refractivity contribution in [3.8, 4) is 34.3 Å². The number of anilines is 1. The summed E-state index contributed by atoms with van der Waals surface area (Å²) in [7, 11) is 2.79. The van der Waals surface area contributed by atoms with Crippen LogP contribution >= 0.6 is 11.6 Å². The number of carbonyl (C=O) groups excluding carboxylic acids is 1. The minimum atomic E-state index is -4.92. The van der Waals surface area contributed by atoms with Crippen LogP contribution in [0.1, 0.15) is 33.7 Å². The number of aryl methyl sites for hydroxylation is 2. The summed E-state index contributed by atoms with van der Waals surface area (Å²) in [6, 6.07) is 14.4. The summed E-state index contributed by atoms with van der Waals surface area (Å²) in [4.78, 5) is 28.6. The van der Waals surface area contributed by atoms with Gasteiger partial charge in [0.2, 0.25) is 0 Å². The van der Waals surface area contributed by atoms with E-state index >= 15 is 0 Å². The lowest BCUT2D eigenvalue weighted by atomic mass is 10.1. The number of ether oxygens (including phenoxy) is 3. The molecule has 11 nitrogen and oxygen atoms in total. The van der Waals surface area contributed by atoms with Crippen molar-refractivity contribution < 1.29 is 37.1 Å². The van der Waals surface area contributed by atoms with Gasteiger partial charge in [-0.15, -0.1) is 0 Å². The van der Waals surface area contributed by atoms with Crippen LogP contribution in [0, 0.1) is 10.1 Å². The summed E-state index contributed by atoms with van der Waals surface area (Å²) in [5.74, 6) is 0.0975. The number of methoxy groups -OCH3 is 2. The van der Waals surface area contributed by atoms with E-state index in [0.717, 1.165) is 37.0 Å². The fraction of sp³-hybridized carbons (Fsp3) is 0.194.